The van der Waals surface area contributed by atoms with Gasteiger partial charge in [-0.2, -0.15) is 0 Å². The highest BCUT2D eigenvalue weighted by molar-refractivity contribution is 6.10. The normalized spacial score (nSPS) is 11.3. The largest absolute Gasteiger partial charge is 0.394 e. The van der Waals surface area contributed by atoms with Crippen molar-refractivity contribution >= 4 is 29.1 Å². The summed E-state index contributed by atoms with van der Waals surface area (Å²) in [7, 11) is 0. The maximum Gasteiger partial charge on any atom is 0.251 e. The smallest absolute Gasteiger partial charge is 0.251 e. The Morgan fingerprint density at radius 2 is 1.08 bits per heavy atom. The molecule has 4 aromatic carbocycles. The van der Waals surface area contributed by atoms with Gasteiger partial charge in [0.2, 0.25) is 5.91 Å². The van der Waals surface area contributed by atoms with Gasteiger partial charge in [-0.25, -0.2) is 0 Å². The predicted octanol–water partition coefficient (Wildman–Crippen LogP) is 3.88. The van der Waals surface area contributed by atoms with Crippen LogP contribution in [0.3, 0.4) is 0 Å². The van der Waals surface area contributed by atoms with Gasteiger partial charge in [0.15, 0.2) is 11.6 Å². The van der Waals surface area contributed by atoms with Crippen LogP contribution in [0.2, 0.25) is 0 Å². The molecule has 0 aromatic heterocycles. The van der Waals surface area contributed by atoms with E-state index < -0.39 is 24.5 Å². The number of anilines is 1. The summed E-state index contributed by atoms with van der Waals surface area (Å²) in [6.07, 6.45) is 0. The summed E-state index contributed by atoms with van der Waals surface area (Å²) in [6, 6.07) is 28.8. The van der Waals surface area contributed by atoms with Crippen molar-refractivity contribution in [1.82, 2.24) is 5.32 Å². The Kier molecular flexibility index (Phi) is 7.98. The van der Waals surface area contributed by atoms with Crippen molar-refractivity contribution in [1.29, 1.82) is 0 Å². The minimum absolute atomic E-state index is 0.173. The fourth-order valence-electron chi connectivity index (χ4n) is 3.69. The van der Waals surface area contributed by atoms with Gasteiger partial charge >= 0.3 is 0 Å². The predicted molar refractivity (Wildman–Crippen MR) is 140 cm³/mol. The molecule has 0 fully saturated rings. The fourth-order valence-corrected chi connectivity index (χ4v) is 3.69. The molecule has 1 atom stereocenters. The average molecular weight is 493 g/mol. The summed E-state index contributed by atoms with van der Waals surface area (Å²) in [4.78, 5) is 50.7. The molecule has 3 N–H and O–H groups in total. The van der Waals surface area contributed by atoms with Crippen molar-refractivity contribution in [3.8, 4) is 0 Å². The quantitative estimate of drug-likeness (QED) is 0.307. The van der Waals surface area contributed by atoms with Crippen LogP contribution in [0.4, 0.5) is 5.69 Å². The van der Waals surface area contributed by atoms with Crippen LogP contribution >= 0.6 is 0 Å². The molecule has 0 bridgehead atoms. The van der Waals surface area contributed by atoms with E-state index in [-0.39, 0.29) is 17.1 Å². The van der Waals surface area contributed by atoms with Gasteiger partial charge in [0.25, 0.3) is 5.91 Å². The molecule has 4 aromatic rings. The number of rotatable bonds is 9. The van der Waals surface area contributed by atoms with Crippen LogP contribution in [0.5, 0.6) is 0 Å². The first kappa shape index (κ1) is 25.2. The molecule has 37 heavy (non-hydrogen) atoms. The molecule has 7 heteroatoms. The lowest BCUT2D eigenvalue weighted by Gasteiger charge is -2.17. The summed E-state index contributed by atoms with van der Waals surface area (Å²) < 4.78 is 0. The zero-order valence-electron chi connectivity index (χ0n) is 19.8. The van der Waals surface area contributed by atoms with Gasteiger partial charge in [-0.3, -0.25) is 19.2 Å². The lowest BCUT2D eigenvalue weighted by Crippen LogP contribution is -2.46. The van der Waals surface area contributed by atoms with Gasteiger partial charge in [-0.05, 0) is 24.3 Å². The molecule has 0 saturated carbocycles. The maximum absolute atomic E-state index is 12.7. The van der Waals surface area contributed by atoms with Crippen molar-refractivity contribution in [2.45, 2.75) is 6.04 Å². The van der Waals surface area contributed by atoms with Gasteiger partial charge in [-0.1, -0.05) is 84.9 Å². The van der Waals surface area contributed by atoms with E-state index in [1.165, 1.54) is 30.3 Å². The molecule has 0 heterocycles. The second-order valence-corrected chi connectivity index (χ2v) is 8.25. The molecule has 0 aliphatic heterocycles. The Morgan fingerprint density at radius 3 is 1.65 bits per heavy atom. The van der Waals surface area contributed by atoms with Crippen LogP contribution in [0, 0.1) is 0 Å². The molecule has 2 amide bonds. The van der Waals surface area contributed by atoms with Gasteiger partial charge in [-0.15, -0.1) is 0 Å². The number of carbonyl (C=O) groups is 4. The highest BCUT2D eigenvalue weighted by Gasteiger charge is 2.21. The Hall–Kier alpha value is -4.88. The zero-order valence-corrected chi connectivity index (χ0v) is 19.8. The molecule has 184 valence electrons. The topological polar surface area (TPSA) is 113 Å². The Balaban J connectivity index is 1.40. The molecule has 4 rings (SSSR count). The van der Waals surface area contributed by atoms with E-state index >= 15 is 0 Å². The SMILES string of the molecule is O=C(NC(CO)C(=O)Nc1cccc(C(=O)c2ccccc2)c1)c1ccc(C(=O)c2ccccc2)cc1. The van der Waals surface area contributed by atoms with Crippen molar-refractivity contribution in [2.75, 3.05) is 11.9 Å². The molecule has 1 unspecified atom stereocenters. The number of benzene rings is 4. The Bertz CT molecular complexity index is 1420. The van der Waals surface area contributed by atoms with E-state index in [0.717, 1.165) is 0 Å². The van der Waals surface area contributed by atoms with E-state index in [0.29, 0.717) is 27.9 Å². The molecule has 7 nitrogen and oxygen atoms in total. The van der Waals surface area contributed by atoms with E-state index in [2.05, 4.69) is 10.6 Å². The second-order valence-electron chi connectivity index (χ2n) is 8.25. The van der Waals surface area contributed by atoms with E-state index in [9.17, 15) is 24.3 Å². The zero-order chi connectivity index (χ0) is 26.2. The molecular formula is C30H24N2O5. The van der Waals surface area contributed by atoms with Crippen molar-refractivity contribution < 1.29 is 24.3 Å². The molecule has 0 saturated heterocycles. The standard InChI is InChI=1S/C30H24N2O5/c33-19-26(30(37)31-25-13-7-12-24(18-25)28(35)21-10-5-2-6-11-21)32-29(36)23-16-14-22(15-17-23)27(34)20-8-3-1-4-9-20/h1-18,26,33H,19H2,(H,31,37)(H,32,36). The third kappa shape index (κ3) is 6.22. The van der Waals surface area contributed by atoms with Crippen molar-refractivity contribution in [3.63, 3.8) is 0 Å². The van der Waals surface area contributed by atoms with Crippen LogP contribution in [0.1, 0.15) is 42.2 Å². The van der Waals surface area contributed by atoms with Crippen molar-refractivity contribution in [3.05, 3.63) is 137 Å². The number of aliphatic hydroxyl groups is 1. The number of ketones is 2. The van der Waals surface area contributed by atoms with Crippen LogP contribution in [0.15, 0.2) is 109 Å². The lowest BCUT2D eigenvalue weighted by atomic mass is 10.0. The summed E-state index contributed by atoms with van der Waals surface area (Å²) in [5.41, 5.74) is 2.44. The first-order valence-electron chi connectivity index (χ1n) is 11.6. The lowest BCUT2D eigenvalue weighted by molar-refractivity contribution is -0.118. The third-order valence-corrected chi connectivity index (χ3v) is 5.68. The number of carbonyl (C=O) groups excluding carboxylic acids is 4. The van der Waals surface area contributed by atoms with Crippen molar-refractivity contribution in [2.24, 2.45) is 0 Å². The third-order valence-electron chi connectivity index (χ3n) is 5.68. The van der Waals surface area contributed by atoms with Crippen LogP contribution in [-0.4, -0.2) is 41.1 Å². The highest BCUT2D eigenvalue weighted by atomic mass is 16.3. The number of hydrogen-bond acceptors (Lipinski definition) is 5. The summed E-state index contributed by atoms with van der Waals surface area (Å²) >= 11 is 0. The monoisotopic (exact) mass is 492 g/mol. The maximum atomic E-state index is 12.7. The second kappa shape index (κ2) is 11.7. The summed E-state index contributed by atoms with van der Waals surface area (Å²) in [6.45, 7) is -0.634. The number of amides is 2. The first-order chi connectivity index (χ1) is 18.0. The number of hydrogen-bond donors (Lipinski definition) is 3. The number of nitrogens with one attached hydrogen (secondary N) is 2. The Morgan fingerprint density at radius 1 is 0.595 bits per heavy atom. The molecule has 0 aliphatic rings. The molecular weight excluding hydrogens is 468 g/mol. The van der Waals surface area contributed by atoms with Crippen LogP contribution < -0.4 is 10.6 Å². The average Bonchev–Trinajstić information content (AvgIpc) is 2.96. The molecule has 0 spiro atoms. The van der Waals surface area contributed by atoms with Gasteiger partial charge in [0.05, 0.1) is 6.61 Å². The van der Waals surface area contributed by atoms with E-state index in [1.807, 2.05) is 12.1 Å². The van der Waals surface area contributed by atoms with Crippen LogP contribution in [0.25, 0.3) is 0 Å². The Labute approximate surface area is 213 Å². The summed E-state index contributed by atoms with van der Waals surface area (Å²) in [5, 5.41) is 14.9. The van der Waals surface area contributed by atoms with E-state index in [1.54, 1.807) is 66.7 Å². The number of aliphatic hydroxyl groups excluding tert-OH is 1. The summed E-state index contributed by atoms with van der Waals surface area (Å²) in [5.74, 6) is -1.59. The molecule has 0 radical (unpaired) electrons. The van der Waals surface area contributed by atoms with Gasteiger partial charge in [0.1, 0.15) is 6.04 Å². The van der Waals surface area contributed by atoms with Gasteiger partial charge in [0, 0.05) is 33.5 Å². The first-order valence-corrected chi connectivity index (χ1v) is 11.6. The minimum atomic E-state index is -1.23. The van der Waals surface area contributed by atoms with E-state index in [4.69, 9.17) is 0 Å². The highest BCUT2D eigenvalue weighted by Crippen LogP contribution is 2.16. The van der Waals surface area contributed by atoms with Gasteiger partial charge < -0.3 is 15.7 Å². The minimum Gasteiger partial charge on any atom is -0.394 e. The molecule has 0 aliphatic carbocycles. The van der Waals surface area contributed by atoms with Crippen LogP contribution in [-0.2, 0) is 4.79 Å². The fraction of sp³-hybridized carbons (Fsp3) is 0.0667.